The molecular formula is C23H23N7O3. The molecule has 4 aromatic rings. The largest absolute Gasteiger partial charge is 0.489 e. The van der Waals surface area contributed by atoms with Crippen LogP contribution in [0.4, 0.5) is 0 Å². The van der Waals surface area contributed by atoms with E-state index in [1.165, 1.54) is 16.5 Å². The van der Waals surface area contributed by atoms with Crippen molar-refractivity contribution in [1.29, 1.82) is 5.26 Å². The molecule has 10 nitrogen and oxygen atoms in total. The smallest absolute Gasteiger partial charge is 0.368 e. The summed E-state index contributed by atoms with van der Waals surface area (Å²) in [5, 5.41) is 21.8. The number of benzene rings is 2. The second kappa shape index (κ2) is 8.63. The van der Waals surface area contributed by atoms with Crippen molar-refractivity contribution in [3.63, 3.8) is 0 Å². The van der Waals surface area contributed by atoms with Crippen LogP contribution in [0.15, 0.2) is 41.2 Å². The number of nitriles is 1. The second-order valence-corrected chi connectivity index (χ2v) is 7.61. The molecule has 2 aromatic heterocycles. The van der Waals surface area contributed by atoms with Crippen molar-refractivity contribution >= 4 is 0 Å². The lowest BCUT2D eigenvalue weighted by atomic mass is 10.0. The average Bonchev–Trinajstić information content (AvgIpc) is 3.31. The number of aromatic nitrogens is 6. The summed E-state index contributed by atoms with van der Waals surface area (Å²) in [6, 6.07) is 13.4. The molecule has 0 radical (unpaired) electrons. The molecule has 0 aliphatic carbocycles. The van der Waals surface area contributed by atoms with Crippen LogP contribution in [0.25, 0.3) is 16.9 Å². The third-order valence-electron chi connectivity index (χ3n) is 5.46. The van der Waals surface area contributed by atoms with Gasteiger partial charge in [-0.1, -0.05) is 12.1 Å². The van der Waals surface area contributed by atoms with Crippen LogP contribution in [0.5, 0.6) is 11.6 Å². The predicted molar refractivity (Wildman–Crippen MR) is 120 cm³/mol. The Balaban J connectivity index is 1.64. The molecule has 168 valence electrons. The van der Waals surface area contributed by atoms with E-state index >= 15 is 0 Å². The fourth-order valence-electron chi connectivity index (χ4n) is 3.69. The summed E-state index contributed by atoms with van der Waals surface area (Å²) in [5.41, 5.74) is 4.71. The molecule has 0 atom stereocenters. The van der Waals surface area contributed by atoms with Crippen LogP contribution >= 0.6 is 0 Å². The van der Waals surface area contributed by atoms with Crippen molar-refractivity contribution in [3.8, 4) is 34.6 Å². The van der Waals surface area contributed by atoms with Gasteiger partial charge in [0, 0.05) is 25.2 Å². The van der Waals surface area contributed by atoms with Crippen molar-refractivity contribution < 1.29 is 9.47 Å². The van der Waals surface area contributed by atoms with E-state index in [2.05, 4.69) is 21.6 Å². The molecule has 0 N–H and O–H groups in total. The van der Waals surface area contributed by atoms with Gasteiger partial charge in [-0.05, 0) is 59.7 Å². The molecule has 33 heavy (non-hydrogen) atoms. The van der Waals surface area contributed by atoms with Gasteiger partial charge in [-0.3, -0.25) is 0 Å². The summed E-state index contributed by atoms with van der Waals surface area (Å²) < 4.78 is 15.4. The number of tetrazole rings is 1. The van der Waals surface area contributed by atoms with Gasteiger partial charge in [0.2, 0.25) is 5.88 Å². The number of hydrogen-bond acceptors (Lipinski definition) is 7. The van der Waals surface area contributed by atoms with Gasteiger partial charge in [0.25, 0.3) is 0 Å². The van der Waals surface area contributed by atoms with Gasteiger partial charge in [0.1, 0.15) is 29.7 Å². The SMILES string of the molecule is COc1c(C#N)c(-c2ccc(OCc3c(C)cccc3-n3nnn(C)c3=O)c(C)c2)nn1C. The van der Waals surface area contributed by atoms with Crippen LogP contribution < -0.4 is 15.2 Å². The van der Waals surface area contributed by atoms with Crippen LogP contribution in [-0.4, -0.2) is 36.7 Å². The maximum Gasteiger partial charge on any atom is 0.368 e. The molecule has 0 amide bonds. The Morgan fingerprint density at radius 2 is 1.85 bits per heavy atom. The zero-order chi connectivity index (χ0) is 23.7. The minimum absolute atomic E-state index is 0.242. The summed E-state index contributed by atoms with van der Waals surface area (Å²) in [6.45, 7) is 4.13. The first-order valence-electron chi connectivity index (χ1n) is 10.2. The summed E-state index contributed by atoms with van der Waals surface area (Å²) >= 11 is 0. The van der Waals surface area contributed by atoms with Crippen LogP contribution in [0, 0.1) is 25.2 Å². The molecule has 0 spiro atoms. The van der Waals surface area contributed by atoms with Crippen LogP contribution in [-0.2, 0) is 20.7 Å². The fourth-order valence-corrected chi connectivity index (χ4v) is 3.69. The van der Waals surface area contributed by atoms with E-state index < -0.39 is 0 Å². The third-order valence-corrected chi connectivity index (χ3v) is 5.46. The molecule has 0 bridgehead atoms. The Labute approximate surface area is 190 Å². The van der Waals surface area contributed by atoms with Gasteiger partial charge in [-0.25, -0.2) is 9.48 Å². The zero-order valence-electron chi connectivity index (χ0n) is 19.0. The Morgan fingerprint density at radius 3 is 2.48 bits per heavy atom. The maximum atomic E-state index is 12.4. The van der Waals surface area contributed by atoms with Crippen LogP contribution in [0.2, 0.25) is 0 Å². The van der Waals surface area contributed by atoms with E-state index in [4.69, 9.17) is 9.47 Å². The van der Waals surface area contributed by atoms with Crippen LogP contribution in [0.1, 0.15) is 22.3 Å². The normalized spacial score (nSPS) is 10.8. The minimum Gasteiger partial charge on any atom is -0.489 e. The summed E-state index contributed by atoms with van der Waals surface area (Å²) in [6.07, 6.45) is 0. The Morgan fingerprint density at radius 1 is 1.06 bits per heavy atom. The summed E-state index contributed by atoms with van der Waals surface area (Å²) in [5.74, 6) is 1.10. The highest BCUT2D eigenvalue weighted by Crippen LogP contribution is 2.32. The van der Waals surface area contributed by atoms with E-state index in [1.807, 2.05) is 50.2 Å². The van der Waals surface area contributed by atoms with E-state index in [1.54, 1.807) is 18.8 Å². The highest BCUT2D eigenvalue weighted by atomic mass is 16.5. The molecule has 0 aliphatic rings. The molecule has 0 unspecified atom stereocenters. The lowest BCUT2D eigenvalue weighted by Crippen LogP contribution is -2.23. The van der Waals surface area contributed by atoms with Crippen molar-refractivity contribution in [2.24, 2.45) is 14.1 Å². The molecule has 2 aromatic carbocycles. The quantitative estimate of drug-likeness (QED) is 0.448. The van der Waals surface area contributed by atoms with E-state index in [-0.39, 0.29) is 12.3 Å². The number of ether oxygens (including phenoxy) is 2. The molecular weight excluding hydrogens is 422 g/mol. The monoisotopic (exact) mass is 445 g/mol. The number of hydrogen-bond donors (Lipinski definition) is 0. The maximum absolute atomic E-state index is 12.4. The van der Waals surface area contributed by atoms with Crippen LogP contribution in [0.3, 0.4) is 0 Å². The van der Waals surface area contributed by atoms with Crippen molar-refractivity contribution in [2.75, 3.05) is 7.11 Å². The molecule has 4 rings (SSSR count). The van der Waals surface area contributed by atoms with Gasteiger partial charge in [0.15, 0.2) is 0 Å². The Hall–Kier alpha value is -4.39. The first kappa shape index (κ1) is 21.8. The second-order valence-electron chi connectivity index (χ2n) is 7.61. The number of nitrogens with zero attached hydrogens (tertiary/aromatic N) is 7. The van der Waals surface area contributed by atoms with E-state index in [0.29, 0.717) is 28.6 Å². The van der Waals surface area contributed by atoms with E-state index in [9.17, 15) is 10.1 Å². The topological polar surface area (TPSA) is 113 Å². The van der Waals surface area contributed by atoms with Gasteiger partial charge in [0.05, 0.1) is 12.8 Å². The molecule has 2 heterocycles. The van der Waals surface area contributed by atoms with Gasteiger partial charge < -0.3 is 9.47 Å². The van der Waals surface area contributed by atoms with Gasteiger partial charge in [-0.15, -0.1) is 0 Å². The van der Waals surface area contributed by atoms with Crippen molar-refractivity contribution in [3.05, 3.63) is 69.1 Å². The molecule has 0 aliphatic heterocycles. The highest BCUT2D eigenvalue weighted by Gasteiger charge is 2.19. The number of rotatable bonds is 6. The number of methoxy groups -OCH3 is 1. The third kappa shape index (κ3) is 3.85. The fraction of sp³-hybridized carbons (Fsp3) is 0.261. The van der Waals surface area contributed by atoms with Crippen molar-refractivity contribution in [1.82, 2.24) is 29.6 Å². The lowest BCUT2D eigenvalue weighted by Gasteiger charge is -2.14. The highest BCUT2D eigenvalue weighted by molar-refractivity contribution is 5.70. The zero-order valence-corrected chi connectivity index (χ0v) is 19.0. The standard InChI is InChI=1S/C23H23N7O3/c1-14-7-6-8-19(30-23(31)29(4)26-27-30)18(14)13-33-20-10-9-16(11-15(20)2)21-17(12-24)22(32-5)28(3)25-21/h6-11H,13H2,1-5H3. The van der Waals surface area contributed by atoms with Gasteiger partial charge in [-0.2, -0.15) is 19.7 Å². The van der Waals surface area contributed by atoms with E-state index in [0.717, 1.165) is 22.3 Å². The Bertz CT molecular complexity index is 1440. The average molecular weight is 445 g/mol. The molecule has 10 heteroatoms. The first-order valence-corrected chi connectivity index (χ1v) is 10.2. The number of aryl methyl sites for hydroxylation is 4. The molecule has 0 saturated heterocycles. The van der Waals surface area contributed by atoms with Gasteiger partial charge >= 0.3 is 5.69 Å². The van der Waals surface area contributed by atoms with Crippen molar-refractivity contribution in [2.45, 2.75) is 20.5 Å². The summed E-state index contributed by atoms with van der Waals surface area (Å²) in [4.78, 5) is 12.4. The first-order chi connectivity index (χ1) is 15.8. The Kier molecular flexibility index (Phi) is 5.70. The molecule has 0 fully saturated rings. The minimum atomic E-state index is -0.332. The molecule has 0 saturated carbocycles. The predicted octanol–water partition coefficient (Wildman–Crippen LogP) is 2.44. The summed E-state index contributed by atoms with van der Waals surface area (Å²) in [7, 11) is 4.80. The lowest BCUT2D eigenvalue weighted by molar-refractivity contribution is 0.302.